The van der Waals surface area contributed by atoms with Gasteiger partial charge < -0.3 is 20.8 Å². The van der Waals surface area contributed by atoms with Gasteiger partial charge in [-0.05, 0) is 74.2 Å². The molecule has 0 bridgehead atoms. The van der Waals surface area contributed by atoms with Crippen molar-refractivity contribution in [3.63, 3.8) is 0 Å². The van der Waals surface area contributed by atoms with E-state index < -0.39 is 11.9 Å². The van der Waals surface area contributed by atoms with Crippen molar-refractivity contribution in [3.05, 3.63) is 106 Å². The number of rotatable bonds is 10. The summed E-state index contributed by atoms with van der Waals surface area (Å²) in [6.45, 7) is 0. The molecule has 10 heteroatoms. The number of ketones is 2. The molecule has 2 saturated carbocycles. The second kappa shape index (κ2) is 14.7. The lowest BCUT2D eigenvalue weighted by Gasteiger charge is -2.31. The second-order valence-corrected chi connectivity index (χ2v) is 15.3. The van der Waals surface area contributed by atoms with Gasteiger partial charge in [0.1, 0.15) is 0 Å². The van der Waals surface area contributed by atoms with E-state index in [9.17, 15) is 19.8 Å². The van der Waals surface area contributed by atoms with E-state index in [1.807, 2.05) is 24.3 Å². The zero-order valence-electron chi connectivity index (χ0n) is 27.5. The average Bonchev–Trinajstić information content (AvgIpc) is 3.12. The van der Waals surface area contributed by atoms with Crippen LogP contribution in [0.25, 0.3) is 0 Å². The van der Waals surface area contributed by atoms with Crippen LogP contribution in [0.2, 0.25) is 0 Å². The van der Waals surface area contributed by atoms with Gasteiger partial charge in [-0.1, -0.05) is 86.3 Å². The van der Waals surface area contributed by atoms with Crippen LogP contribution >= 0.6 is 23.5 Å². The Morgan fingerprint density at radius 2 is 0.880 bits per heavy atom. The predicted octanol–water partition coefficient (Wildman–Crippen LogP) is 9.65. The SMILES string of the molecule is O=C(O)c1ccccc1Sc1ccc(NC2CCCCC2)c2c1C(=O)c1c(NC3CCCCC3)ccc(Sc3ccccc3C(=O)O)c1C2=O. The van der Waals surface area contributed by atoms with Crippen LogP contribution in [-0.4, -0.2) is 45.8 Å². The predicted molar refractivity (Wildman–Crippen MR) is 196 cm³/mol. The third kappa shape index (κ3) is 6.79. The first-order chi connectivity index (χ1) is 24.3. The van der Waals surface area contributed by atoms with Gasteiger partial charge in [-0.3, -0.25) is 9.59 Å². The van der Waals surface area contributed by atoms with Crippen molar-refractivity contribution >= 4 is 58.4 Å². The minimum atomic E-state index is -1.08. The molecule has 0 saturated heterocycles. The molecule has 0 spiro atoms. The highest BCUT2D eigenvalue weighted by Crippen LogP contribution is 2.47. The highest BCUT2D eigenvalue weighted by atomic mass is 32.2. The summed E-state index contributed by atoms with van der Waals surface area (Å²) in [7, 11) is 0. The molecule has 4 N–H and O–H groups in total. The zero-order chi connectivity index (χ0) is 34.8. The lowest BCUT2D eigenvalue weighted by molar-refractivity contribution is 0.0682. The molecule has 0 radical (unpaired) electrons. The summed E-state index contributed by atoms with van der Waals surface area (Å²) in [6, 6.07) is 20.9. The van der Waals surface area contributed by atoms with Crippen LogP contribution in [0.5, 0.6) is 0 Å². The van der Waals surface area contributed by atoms with Crippen molar-refractivity contribution < 1.29 is 29.4 Å². The number of carbonyl (C=O) groups excluding carboxylic acids is 2. The van der Waals surface area contributed by atoms with Crippen molar-refractivity contribution in [2.45, 2.75) is 95.9 Å². The number of nitrogens with one attached hydrogen (secondary N) is 2. The fourth-order valence-corrected chi connectivity index (χ4v) is 9.55. The molecule has 0 unspecified atom stereocenters. The van der Waals surface area contributed by atoms with Crippen molar-refractivity contribution in [3.8, 4) is 0 Å². The van der Waals surface area contributed by atoms with Crippen LogP contribution in [0.3, 0.4) is 0 Å². The van der Waals surface area contributed by atoms with Crippen molar-refractivity contribution in [2.75, 3.05) is 10.6 Å². The number of fused-ring (bicyclic) bond motifs is 2. The van der Waals surface area contributed by atoms with Gasteiger partial charge in [0, 0.05) is 54.2 Å². The molecule has 0 atom stereocenters. The number of carboxylic acid groups (broad SMARTS) is 2. The Labute approximate surface area is 299 Å². The highest BCUT2D eigenvalue weighted by molar-refractivity contribution is 7.99. The molecule has 0 aliphatic heterocycles. The van der Waals surface area contributed by atoms with Crippen LogP contribution in [0.4, 0.5) is 11.4 Å². The molecular formula is C40H38N2O6S2. The van der Waals surface area contributed by atoms with Crippen LogP contribution in [-0.2, 0) is 0 Å². The molecule has 0 aromatic heterocycles. The summed E-state index contributed by atoms with van der Waals surface area (Å²) in [5.74, 6) is -2.78. The Morgan fingerprint density at radius 1 is 0.500 bits per heavy atom. The summed E-state index contributed by atoms with van der Waals surface area (Å²) in [6.07, 6.45) is 10.5. The molecule has 8 nitrogen and oxygen atoms in total. The quantitative estimate of drug-likeness (QED) is 0.111. The Morgan fingerprint density at radius 3 is 1.26 bits per heavy atom. The van der Waals surface area contributed by atoms with Crippen molar-refractivity contribution in [2.24, 2.45) is 0 Å². The third-order valence-corrected chi connectivity index (χ3v) is 12.1. The van der Waals surface area contributed by atoms with Crippen LogP contribution in [0, 0.1) is 0 Å². The first-order valence-electron chi connectivity index (χ1n) is 17.3. The molecule has 3 aliphatic carbocycles. The lowest BCUT2D eigenvalue weighted by Crippen LogP contribution is -2.30. The van der Waals surface area contributed by atoms with Crippen LogP contribution in [0.15, 0.2) is 92.4 Å². The largest absolute Gasteiger partial charge is 0.478 e. The molecule has 4 aromatic carbocycles. The maximum atomic E-state index is 15.1. The van der Waals surface area contributed by atoms with E-state index in [0.717, 1.165) is 64.2 Å². The Hall–Kier alpha value is -4.54. The summed E-state index contributed by atoms with van der Waals surface area (Å²) in [4.78, 5) is 56.5. The van der Waals surface area contributed by atoms with E-state index in [1.54, 1.807) is 36.4 Å². The fourth-order valence-electron chi connectivity index (χ4n) is 7.39. The van der Waals surface area contributed by atoms with E-state index >= 15 is 9.59 Å². The van der Waals surface area contributed by atoms with E-state index in [2.05, 4.69) is 10.6 Å². The standard InChI is InChI=1S/C40H38N2O6S2/c43-37-33-27(41-23-11-3-1-4-12-23)19-21-31(49-29-17-9-7-15-25(29)39(45)46)35(33)38(44)34-28(42-24-13-5-2-6-14-24)20-22-32(36(34)37)50-30-18-10-8-16-26(30)40(47)48/h7-10,15-24,41-42H,1-6,11-14H2,(H,45,46)(H,47,48). The Balaban J connectivity index is 1.41. The maximum absolute atomic E-state index is 15.1. The number of carbonyl (C=O) groups is 4. The molecule has 2 fully saturated rings. The highest BCUT2D eigenvalue weighted by Gasteiger charge is 2.39. The maximum Gasteiger partial charge on any atom is 0.336 e. The molecule has 0 amide bonds. The van der Waals surface area contributed by atoms with Crippen molar-refractivity contribution in [1.29, 1.82) is 0 Å². The normalized spacial score (nSPS) is 16.4. The number of hydrogen-bond donors (Lipinski definition) is 4. The minimum Gasteiger partial charge on any atom is -0.478 e. The van der Waals surface area contributed by atoms with Gasteiger partial charge in [-0.15, -0.1) is 0 Å². The molecule has 0 heterocycles. The van der Waals surface area contributed by atoms with Gasteiger partial charge in [0.05, 0.1) is 22.3 Å². The van der Waals surface area contributed by atoms with E-state index in [0.29, 0.717) is 31.0 Å². The zero-order valence-corrected chi connectivity index (χ0v) is 29.1. The van der Waals surface area contributed by atoms with Gasteiger partial charge in [-0.25, -0.2) is 9.59 Å². The van der Waals surface area contributed by atoms with E-state index in [-0.39, 0.29) is 57.0 Å². The molecule has 50 heavy (non-hydrogen) atoms. The molecular weight excluding hydrogens is 669 g/mol. The van der Waals surface area contributed by atoms with Crippen LogP contribution in [0.1, 0.15) is 117 Å². The van der Waals surface area contributed by atoms with Gasteiger partial charge >= 0.3 is 11.9 Å². The van der Waals surface area contributed by atoms with Gasteiger partial charge in [-0.2, -0.15) is 0 Å². The first-order valence-corrected chi connectivity index (χ1v) is 18.9. The minimum absolute atomic E-state index is 0.112. The number of aromatic carboxylic acids is 2. The van der Waals surface area contributed by atoms with Crippen molar-refractivity contribution in [1.82, 2.24) is 0 Å². The summed E-state index contributed by atoms with van der Waals surface area (Å²) in [5.41, 5.74) is 2.45. The van der Waals surface area contributed by atoms with Gasteiger partial charge in [0.2, 0.25) is 0 Å². The monoisotopic (exact) mass is 706 g/mol. The topological polar surface area (TPSA) is 133 Å². The number of benzene rings is 4. The lowest BCUT2D eigenvalue weighted by atomic mass is 9.81. The molecule has 256 valence electrons. The smallest absolute Gasteiger partial charge is 0.336 e. The molecule has 4 aromatic rings. The van der Waals surface area contributed by atoms with E-state index in [4.69, 9.17) is 0 Å². The number of anilines is 2. The number of carboxylic acids is 2. The summed E-state index contributed by atoms with van der Waals surface area (Å²) >= 11 is 2.35. The van der Waals surface area contributed by atoms with E-state index in [1.165, 1.54) is 35.7 Å². The molecule has 3 aliphatic rings. The molecule has 7 rings (SSSR count). The summed E-state index contributed by atoms with van der Waals surface area (Å²) in [5, 5.41) is 27.1. The van der Waals surface area contributed by atoms with Crippen LogP contribution < -0.4 is 10.6 Å². The second-order valence-electron chi connectivity index (χ2n) is 13.1. The fraction of sp³-hybridized carbons (Fsp3) is 0.300. The third-order valence-electron chi connectivity index (χ3n) is 9.85. The average molecular weight is 707 g/mol. The Kier molecular flexibility index (Phi) is 10.0. The first kappa shape index (κ1) is 33.9. The van der Waals surface area contributed by atoms with Gasteiger partial charge in [0.15, 0.2) is 11.6 Å². The number of hydrogen-bond acceptors (Lipinski definition) is 8. The summed E-state index contributed by atoms with van der Waals surface area (Å²) < 4.78 is 0. The Bertz CT molecular complexity index is 1860. The van der Waals surface area contributed by atoms with Gasteiger partial charge in [0.25, 0.3) is 0 Å².